The lowest BCUT2D eigenvalue weighted by molar-refractivity contribution is 0.0691. The Kier molecular flexibility index (Phi) is 5.09. The first-order valence-electron chi connectivity index (χ1n) is 7.26. The zero-order chi connectivity index (χ0) is 15.2. The molecule has 21 heavy (non-hydrogen) atoms. The Labute approximate surface area is 125 Å². The van der Waals surface area contributed by atoms with E-state index in [1.165, 1.54) is 6.20 Å². The number of likely N-dealkylation sites (tertiary alicyclic amines) is 1. The maximum atomic E-state index is 12.4. The number of carbonyl (C=O) groups is 2. The third-order valence-corrected chi connectivity index (χ3v) is 3.72. The number of amides is 2. The van der Waals surface area contributed by atoms with Crippen LogP contribution < -0.4 is 5.32 Å². The molecular weight excluding hydrogens is 266 g/mol. The van der Waals surface area contributed by atoms with Crippen LogP contribution in [-0.2, 0) is 0 Å². The van der Waals surface area contributed by atoms with Gasteiger partial charge in [-0.1, -0.05) is 13.0 Å². The van der Waals surface area contributed by atoms with Gasteiger partial charge in [0.2, 0.25) is 0 Å². The fraction of sp³-hybridized carbons (Fsp3) is 0.438. The van der Waals surface area contributed by atoms with E-state index in [0.29, 0.717) is 23.7 Å². The largest absolute Gasteiger partial charge is 0.349 e. The zero-order valence-electron chi connectivity index (χ0n) is 12.3. The van der Waals surface area contributed by atoms with Gasteiger partial charge in [0.15, 0.2) is 0 Å². The smallest absolute Gasteiger partial charge is 0.272 e. The number of hydrogen-bond donors (Lipinski definition) is 1. The molecule has 1 aliphatic heterocycles. The van der Waals surface area contributed by atoms with Crippen molar-refractivity contribution in [1.29, 1.82) is 0 Å². The molecule has 2 heterocycles. The topological polar surface area (TPSA) is 62.3 Å². The fourth-order valence-corrected chi connectivity index (χ4v) is 2.33. The molecule has 0 atom stereocenters. The highest BCUT2D eigenvalue weighted by molar-refractivity contribution is 5.98. The van der Waals surface area contributed by atoms with Gasteiger partial charge in [-0.2, -0.15) is 0 Å². The van der Waals surface area contributed by atoms with E-state index in [1.807, 2.05) is 4.90 Å². The van der Waals surface area contributed by atoms with Crippen LogP contribution >= 0.6 is 0 Å². The van der Waals surface area contributed by atoms with Crippen LogP contribution in [0.5, 0.6) is 0 Å². The van der Waals surface area contributed by atoms with Gasteiger partial charge in [0.25, 0.3) is 11.8 Å². The molecule has 1 aromatic heterocycles. The Hall–Kier alpha value is -2.17. The molecule has 2 rings (SSSR count). The standard InChI is InChI=1S/C16H21N3O2/c1-3-7-18-15(20)13-4-8-17-14(11-13)16(21)19-9-5-12(2)6-10-19/h3-4,8,11-12H,1,5-7,9-10H2,2H3,(H,18,20). The molecule has 0 unspecified atom stereocenters. The average molecular weight is 287 g/mol. The lowest BCUT2D eigenvalue weighted by Crippen LogP contribution is -2.38. The number of nitrogens with one attached hydrogen (secondary N) is 1. The molecule has 1 aromatic rings. The normalized spacial score (nSPS) is 15.6. The second-order valence-electron chi connectivity index (χ2n) is 5.40. The van der Waals surface area contributed by atoms with Crippen LogP contribution in [0, 0.1) is 5.92 Å². The Bertz CT molecular complexity index is 534. The van der Waals surface area contributed by atoms with Crippen LogP contribution in [0.15, 0.2) is 31.0 Å². The van der Waals surface area contributed by atoms with E-state index in [4.69, 9.17) is 0 Å². The summed E-state index contributed by atoms with van der Waals surface area (Å²) in [7, 11) is 0. The molecule has 112 valence electrons. The molecule has 0 saturated carbocycles. The number of carbonyl (C=O) groups excluding carboxylic acids is 2. The molecule has 1 N–H and O–H groups in total. The predicted molar refractivity (Wildman–Crippen MR) is 81.1 cm³/mol. The van der Waals surface area contributed by atoms with Gasteiger partial charge < -0.3 is 10.2 Å². The average Bonchev–Trinajstić information content (AvgIpc) is 2.52. The first-order valence-corrected chi connectivity index (χ1v) is 7.26. The number of pyridine rings is 1. The second kappa shape index (κ2) is 7.02. The maximum Gasteiger partial charge on any atom is 0.272 e. The van der Waals surface area contributed by atoms with Crippen LogP contribution in [-0.4, -0.2) is 41.3 Å². The van der Waals surface area contributed by atoms with E-state index in [9.17, 15) is 9.59 Å². The lowest BCUT2D eigenvalue weighted by atomic mass is 9.99. The van der Waals surface area contributed by atoms with Crippen molar-refractivity contribution >= 4 is 11.8 Å². The molecule has 0 bridgehead atoms. The van der Waals surface area contributed by atoms with Crippen LogP contribution in [0.2, 0.25) is 0 Å². The first-order chi connectivity index (χ1) is 10.1. The van der Waals surface area contributed by atoms with Crippen molar-refractivity contribution in [2.75, 3.05) is 19.6 Å². The first kappa shape index (κ1) is 15.2. The number of piperidine rings is 1. The maximum absolute atomic E-state index is 12.4. The van der Waals surface area contributed by atoms with Crippen molar-refractivity contribution in [3.05, 3.63) is 42.2 Å². The Morgan fingerprint density at radius 1 is 1.48 bits per heavy atom. The fourth-order valence-electron chi connectivity index (χ4n) is 2.33. The van der Waals surface area contributed by atoms with Gasteiger partial charge in [0.1, 0.15) is 5.69 Å². The molecule has 0 spiro atoms. The number of aromatic nitrogens is 1. The molecule has 0 aliphatic carbocycles. The third-order valence-electron chi connectivity index (χ3n) is 3.72. The van der Waals surface area contributed by atoms with E-state index in [2.05, 4.69) is 23.8 Å². The van der Waals surface area contributed by atoms with Gasteiger partial charge in [0.05, 0.1) is 0 Å². The summed E-state index contributed by atoms with van der Waals surface area (Å²) in [6.45, 7) is 7.66. The van der Waals surface area contributed by atoms with Crippen molar-refractivity contribution in [1.82, 2.24) is 15.2 Å². The van der Waals surface area contributed by atoms with Crippen molar-refractivity contribution in [3.63, 3.8) is 0 Å². The summed E-state index contributed by atoms with van der Waals surface area (Å²) in [5.41, 5.74) is 0.774. The van der Waals surface area contributed by atoms with Crippen molar-refractivity contribution in [2.24, 2.45) is 5.92 Å². The molecule has 1 saturated heterocycles. The van der Waals surface area contributed by atoms with E-state index in [-0.39, 0.29) is 11.8 Å². The summed E-state index contributed by atoms with van der Waals surface area (Å²) in [6, 6.07) is 3.16. The highest BCUT2D eigenvalue weighted by Gasteiger charge is 2.22. The minimum absolute atomic E-state index is 0.0970. The summed E-state index contributed by atoms with van der Waals surface area (Å²) >= 11 is 0. The van der Waals surface area contributed by atoms with Crippen LogP contribution in [0.3, 0.4) is 0 Å². The Morgan fingerprint density at radius 3 is 2.86 bits per heavy atom. The molecule has 1 aliphatic rings. The molecule has 5 nitrogen and oxygen atoms in total. The number of nitrogens with zero attached hydrogens (tertiary/aromatic N) is 2. The monoisotopic (exact) mass is 287 g/mol. The summed E-state index contributed by atoms with van der Waals surface area (Å²) in [4.78, 5) is 30.2. The molecule has 5 heteroatoms. The molecule has 0 radical (unpaired) electrons. The van der Waals surface area contributed by atoms with Crippen molar-refractivity contribution < 1.29 is 9.59 Å². The van der Waals surface area contributed by atoms with Crippen molar-refractivity contribution in [2.45, 2.75) is 19.8 Å². The SMILES string of the molecule is C=CCNC(=O)c1ccnc(C(=O)N2CCC(C)CC2)c1. The van der Waals surface area contributed by atoms with Gasteiger partial charge >= 0.3 is 0 Å². The predicted octanol–water partition coefficient (Wildman–Crippen LogP) is 1.87. The molecule has 0 aromatic carbocycles. The summed E-state index contributed by atoms with van der Waals surface area (Å²) in [6.07, 6.45) is 5.15. The summed E-state index contributed by atoms with van der Waals surface area (Å²) in [5.74, 6) is 0.344. The summed E-state index contributed by atoms with van der Waals surface area (Å²) in [5, 5.41) is 2.69. The van der Waals surface area contributed by atoms with E-state index < -0.39 is 0 Å². The van der Waals surface area contributed by atoms with Gasteiger partial charge in [0, 0.05) is 31.4 Å². The van der Waals surface area contributed by atoms with Crippen LogP contribution in [0.4, 0.5) is 0 Å². The summed E-state index contributed by atoms with van der Waals surface area (Å²) < 4.78 is 0. The molecular formula is C16H21N3O2. The Morgan fingerprint density at radius 2 is 2.19 bits per heavy atom. The van der Waals surface area contributed by atoms with Crippen molar-refractivity contribution in [3.8, 4) is 0 Å². The second-order valence-corrected chi connectivity index (χ2v) is 5.40. The van der Waals surface area contributed by atoms with E-state index in [1.54, 1.807) is 18.2 Å². The van der Waals surface area contributed by atoms with Crippen LogP contribution in [0.1, 0.15) is 40.6 Å². The minimum Gasteiger partial charge on any atom is -0.349 e. The molecule has 1 fully saturated rings. The highest BCUT2D eigenvalue weighted by atomic mass is 16.2. The van der Waals surface area contributed by atoms with E-state index in [0.717, 1.165) is 25.9 Å². The Balaban J connectivity index is 2.07. The number of rotatable bonds is 4. The van der Waals surface area contributed by atoms with Gasteiger partial charge in [-0.05, 0) is 30.9 Å². The minimum atomic E-state index is -0.224. The molecule has 2 amide bonds. The zero-order valence-corrected chi connectivity index (χ0v) is 12.3. The quantitative estimate of drug-likeness (QED) is 0.860. The van der Waals surface area contributed by atoms with Gasteiger partial charge in [-0.3, -0.25) is 14.6 Å². The van der Waals surface area contributed by atoms with E-state index >= 15 is 0 Å². The van der Waals surface area contributed by atoms with Crippen LogP contribution in [0.25, 0.3) is 0 Å². The third kappa shape index (κ3) is 3.90. The lowest BCUT2D eigenvalue weighted by Gasteiger charge is -2.30. The number of hydrogen-bond acceptors (Lipinski definition) is 3. The van der Waals surface area contributed by atoms with Gasteiger partial charge in [-0.25, -0.2) is 0 Å². The van der Waals surface area contributed by atoms with Gasteiger partial charge in [-0.15, -0.1) is 6.58 Å². The highest BCUT2D eigenvalue weighted by Crippen LogP contribution is 2.17.